The highest BCUT2D eigenvalue weighted by molar-refractivity contribution is 6.22. The van der Waals surface area contributed by atoms with Crippen molar-refractivity contribution in [2.75, 3.05) is 0 Å². The minimum absolute atomic E-state index is 0.0150. The minimum Gasteiger partial charge on any atom is -0.507 e. The number of fused-ring (bicyclic) bond motifs is 3. The average molecular weight is 224 g/mol. The Bertz CT molecular complexity index is 627. The van der Waals surface area contributed by atoms with Gasteiger partial charge in [-0.25, -0.2) is 0 Å². The van der Waals surface area contributed by atoms with Crippen molar-refractivity contribution < 1.29 is 9.90 Å². The lowest BCUT2D eigenvalue weighted by Crippen LogP contribution is -1.95. The second kappa shape index (κ2) is 3.45. The highest BCUT2D eigenvalue weighted by Gasteiger charge is 2.28. The predicted octanol–water partition coefficient (Wildman–Crippen LogP) is 3.17. The number of aryl methyl sites for hydroxylation is 1. The van der Waals surface area contributed by atoms with Gasteiger partial charge in [-0.1, -0.05) is 31.2 Å². The fourth-order valence-corrected chi connectivity index (χ4v) is 2.37. The Labute approximate surface area is 99.5 Å². The normalized spacial score (nSPS) is 12.4. The zero-order chi connectivity index (χ0) is 12.0. The van der Waals surface area contributed by atoms with E-state index in [0.717, 1.165) is 17.5 Å². The molecule has 3 rings (SSSR count). The second-order valence-electron chi connectivity index (χ2n) is 4.26. The summed E-state index contributed by atoms with van der Waals surface area (Å²) < 4.78 is 0. The van der Waals surface area contributed by atoms with Crippen LogP contribution >= 0.6 is 0 Å². The molecule has 2 heteroatoms. The van der Waals surface area contributed by atoms with E-state index in [1.54, 1.807) is 18.2 Å². The Morgan fingerprint density at radius 3 is 2.65 bits per heavy atom. The van der Waals surface area contributed by atoms with Gasteiger partial charge in [0.2, 0.25) is 0 Å². The van der Waals surface area contributed by atoms with E-state index in [1.807, 2.05) is 18.2 Å². The Balaban J connectivity index is 2.32. The van der Waals surface area contributed by atoms with Gasteiger partial charge in [0, 0.05) is 16.7 Å². The van der Waals surface area contributed by atoms with Gasteiger partial charge in [-0.3, -0.25) is 4.79 Å². The fraction of sp³-hybridized carbons (Fsp3) is 0.133. The molecule has 0 heterocycles. The molecule has 2 aromatic rings. The zero-order valence-corrected chi connectivity index (χ0v) is 9.53. The van der Waals surface area contributed by atoms with E-state index in [4.69, 9.17) is 0 Å². The van der Waals surface area contributed by atoms with E-state index < -0.39 is 0 Å². The number of phenols is 1. The van der Waals surface area contributed by atoms with Gasteiger partial charge in [0.1, 0.15) is 5.75 Å². The second-order valence-corrected chi connectivity index (χ2v) is 4.26. The molecule has 1 aliphatic rings. The summed E-state index contributed by atoms with van der Waals surface area (Å²) >= 11 is 0. The number of phenolic OH excluding ortho intramolecular Hbond substituents is 1. The molecule has 0 amide bonds. The first-order valence-electron chi connectivity index (χ1n) is 5.72. The van der Waals surface area contributed by atoms with Gasteiger partial charge in [0.15, 0.2) is 5.78 Å². The molecule has 0 atom stereocenters. The standard InChI is InChI=1S/C15H12O2/c1-2-9-6-7-10-12(8-9)15(17)11-4-3-5-13(16)14(10)11/h3-8,16H,2H2,1H3. The van der Waals surface area contributed by atoms with Crippen molar-refractivity contribution in [2.24, 2.45) is 0 Å². The van der Waals surface area contributed by atoms with Gasteiger partial charge in [0.05, 0.1) is 0 Å². The molecule has 17 heavy (non-hydrogen) atoms. The topological polar surface area (TPSA) is 37.3 Å². The molecule has 0 aliphatic heterocycles. The van der Waals surface area contributed by atoms with Crippen molar-refractivity contribution in [1.82, 2.24) is 0 Å². The van der Waals surface area contributed by atoms with Crippen molar-refractivity contribution in [2.45, 2.75) is 13.3 Å². The van der Waals surface area contributed by atoms with Crippen LogP contribution < -0.4 is 0 Å². The van der Waals surface area contributed by atoms with Gasteiger partial charge >= 0.3 is 0 Å². The van der Waals surface area contributed by atoms with Crippen molar-refractivity contribution in [3.8, 4) is 16.9 Å². The summed E-state index contributed by atoms with van der Waals surface area (Å²) in [6.07, 6.45) is 0.906. The molecule has 0 saturated carbocycles. The lowest BCUT2D eigenvalue weighted by atomic mass is 10.0. The quantitative estimate of drug-likeness (QED) is 0.689. The molecule has 0 bridgehead atoms. The van der Waals surface area contributed by atoms with Gasteiger partial charge < -0.3 is 5.11 Å². The fourth-order valence-electron chi connectivity index (χ4n) is 2.37. The molecule has 0 unspecified atom stereocenters. The summed E-state index contributed by atoms with van der Waals surface area (Å²) in [6.45, 7) is 2.06. The third-order valence-electron chi connectivity index (χ3n) is 3.29. The van der Waals surface area contributed by atoms with Crippen LogP contribution in [0.15, 0.2) is 36.4 Å². The molecule has 2 nitrogen and oxygen atoms in total. The third-order valence-corrected chi connectivity index (χ3v) is 3.29. The Morgan fingerprint density at radius 2 is 1.88 bits per heavy atom. The van der Waals surface area contributed by atoms with Crippen LogP contribution in [0.2, 0.25) is 0 Å². The number of hydrogen-bond donors (Lipinski definition) is 1. The third kappa shape index (κ3) is 1.30. The number of carbonyl (C=O) groups excluding carboxylic acids is 1. The maximum atomic E-state index is 12.2. The molecule has 0 fully saturated rings. The van der Waals surface area contributed by atoms with E-state index in [-0.39, 0.29) is 11.5 Å². The zero-order valence-electron chi connectivity index (χ0n) is 9.53. The largest absolute Gasteiger partial charge is 0.507 e. The Morgan fingerprint density at radius 1 is 1.06 bits per heavy atom. The molecule has 2 aromatic carbocycles. The van der Waals surface area contributed by atoms with Crippen LogP contribution in [0.4, 0.5) is 0 Å². The van der Waals surface area contributed by atoms with E-state index in [1.165, 1.54) is 0 Å². The maximum Gasteiger partial charge on any atom is 0.194 e. The number of benzene rings is 2. The molecule has 84 valence electrons. The molecule has 0 spiro atoms. The summed E-state index contributed by atoms with van der Waals surface area (Å²) in [6, 6.07) is 11.0. The molecular weight excluding hydrogens is 212 g/mol. The smallest absolute Gasteiger partial charge is 0.194 e. The van der Waals surface area contributed by atoms with Crippen LogP contribution in [-0.2, 0) is 6.42 Å². The van der Waals surface area contributed by atoms with Crippen molar-refractivity contribution in [3.05, 3.63) is 53.1 Å². The van der Waals surface area contributed by atoms with Gasteiger partial charge in [-0.15, -0.1) is 0 Å². The highest BCUT2D eigenvalue weighted by Crippen LogP contribution is 2.42. The van der Waals surface area contributed by atoms with Crippen LogP contribution in [-0.4, -0.2) is 10.9 Å². The Kier molecular flexibility index (Phi) is 2.05. The first-order chi connectivity index (χ1) is 8.22. The maximum absolute atomic E-state index is 12.2. The minimum atomic E-state index is 0.0150. The van der Waals surface area contributed by atoms with Crippen LogP contribution in [0.25, 0.3) is 11.1 Å². The first kappa shape index (κ1) is 10.1. The number of rotatable bonds is 1. The SMILES string of the molecule is CCc1ccc2c(c1)C(=O)c1cccc(O)c1-2. The summed E-state index contributed by atoms with van der Waals surface area (Å²) in [7, 11) is 0. The molecule has 0 saturated heterocycles. The Hall–Kier alpha value is -2.09. The van der Waals surface area contributed by atoms with Crippen LogP contribution in [0, 0.1) is 0 Å². The van der Waals surface area contributed by atoms with E-state index >= 15 is 0 Å². The lowest BCUT2D eigenvalue weighted by Gasteiger charge is -2.03. The molecule has 1 N–H and O–H groups in total. The van der Waals surface area contributed by atoms with Crippen molar-refractivity contribution >= 4 is 5.78 Å². The molecule has 0 radical (unpaired) electrons. The van der Waals surface area contributed by atoms with Gasteiger partial charge in [0.25, 0.3) is 0 Å². The molecular formula is C15H12O2. The summed E-state index contributed by atoms with van der Waals surface area (Å²) in [5.74, 6) is 0.194. The van der Waals surface area contributed by atoms with Crippen LogP contribution in [0.5, 0.6) is 5.75 Å². The van der Waals surface area contributed by atoms with Crippen LogP contribution in [0.3, 0.4) is 0 Å². The van der Waals surface area contributed by atoms with Crippen LogP contribution in [0.1, 0.15) is 28.4 Å². The predicted molar refractivity (Wildman–Crippen MR) is 66.4 cm³/mol. The lowest BCUT2D eigenvalue weighted by molar-refractivity contribution is 0.104. The monoisotopic (exact) mass is 224 g/mol. The number of hydrogen-bond acceptors (Lipinski definition) is 2. The van der Waals surface area contributed by atoms with Crippen molar-refractivity contribution in [1.29, 1.82) is 0 Å². The number of aromatic hydroxyl groups is 1. The average Bonchev–Trinajstić information content (AvgIpc) is 2.64. The van der Waals surface area contributed by atoms with Crippen molar-refractivity contribution in [3.63, 3.8) is 0 Å². The van der Waals surface area contributed by atoms with E-state index in [9.17, 15) is 9.90 Å². The first-order valence-corrected chi connectivity index (χ1v) is 5.72. The molecule has 0 aromatic heterocycles. The number of ketones is 1. The summed E-state index contributed by atoms with van der Waals surface area (Å²) in [5, 5.41) is 9.87. The molecule has 1 aliphatic carbocycles. The van der Waals surface area contributed by atoms with E-state index in [0.29, 0.717) is 16.7 Å². The highest BCUT2D eigenvalue weighted by atomic mass is 16.3. The number of carbonyl (C=O) groups is 1. The summed E-state index contributed by atoms with van der Waals surface area (Å²) in [5.41, 5.74) is 3.98. The van der Waals surface area contributed by atoms with Gasteiger partial charge in [-0.2, -0.15) is 0 Å². The van der Waals surface area contributed by atoms with E-state index in [2.05, 4.69) is 6.92 Å². The summed E-state index contributed by atoms with van der Waals surface area (Å²) in [4.78, 5) is 12.2. The van der Waals surface area contributed by atoms with Gasteiger partial charge in [-0.05, 0) is 29.7 Å².